The fourth-order valence-corrected chi connectivity index (χ4v) is 2.95. The van der Waals surface area contributed by atoms with Crippen molar-refractivity contribution in [2.75, 3.05) is 13.7 Å². The van der Waals surface area contributed by atoms with E-state index in [1.807, 2.05) is 0 Å². The number of methoxy groups -OCH3 is 1. The van der Waals surface area contributed by atoms with Crippen LogP contribution < -0.4 is 4.74 Å². The second-order valence-corrected chi connectivity index (χ2v) is 5.37. The van der Waals surface area contributed by atoms with E-state index in [2.05, 4.69) is 0 Å². The summed E-state index contributed by atoms with van der Waals surface area (Å²) in [6.07, 6.45) is -6.50. The number of aliphatic hydroxyl groups excluding tert-OH is 3. The Hall–Kier alpha value is -2.07. The average Bonchev–Trinajstić information content (AvgIpc) is 2.52. The molecule has 9 nitrogen and oxygen atoms in total. The van der Waals surface area contributed by atoms with Gasteiger partial charge in [-0.25, -0.2) is 4.79 Å². The number of aromatic hydroxyl groups is 2. The highest BCUT2D eigenvalue weighted by Gasteiger charge is 2.52. The molecule has 1 fully saturated rings. The highest BCUT2D eigenvalue weighted by atomic mass is 16.6. The van der Waals surface area contributed by atoms with E-state index in [1.165, 1.54) is 7.11 Å². The Bertz CT molecular complexity index is 644. The molecule has 0 aliphatic carbocycles. The van der Waals surface area contributed by atoms with Gasteiger partial charge in [-0.15, -0.1) is 0 Å². The number of ether oxygens (including phenoxy) is 3. The summed E-state index contributed by atoms with van der Waals surface area (Å²) in [4.78, 5) is 12.1. The lowest BCUT2D eigenvalue weighted by molar-refractivity contribution is -0.235. The van der Waals surface area contributed by atoms with E-state index < -0.39 is 54.6 Å². The molecule has 0 radical (unpaired) electrons. The maximum absolute atomic E-state index is 12.1. The molecule has 1 saturated heterocycles. The number of hydrogen-bond acceptors (Lipinski definition) is 9. The van der Waals surface area contributed by atoms with Crippen LogP contribution in [0.3, 0.4) is 0 Å². The predicted molar refractivity (Wildman–Crippen MR) is 72.2 cm³/mol. The first-order valence-electron chi connectivity index (χ1n) is 6.87. The molecule has 0 saturated carbocycles. The van der Waals surface area contributed by atoms with Gasteiger partial charge in [-0.3, -0.25) is 0 Å². The lowest BCUT2D eigenvalue weighted by atomic mass is 9.86. The molecule has 0 bridgehead atoms. The van der Waals surface area contributed by atoms with Gasteiger partial charge in [0.15, 0.2) is 17.6 Å². The molecule has 5 N–H and O–H groups in total. The van der Waals surface area contributed by atoms with Gasteiger partial charge in [-0.05, 0) is 6.07 Å². The Balaban J connectivity index is 2.16. The number of hydrogen-bond donors (Lipinski definition) is 5. The summed E-state index contributed by atoms with van der Waals surface area (Å²) in [7, 11) is 1.22. The van der Waals surface area contributed by atoms with Gasteiger partial charge < -0.3 is 39.7 Å². The third-order valence-corrected chi connectivity index (χ3v) is 4.09. The molecule has 2 aliphatic rings. The largest absolute Gasteiger partial charge is 0.504 e. The number of phenols is 2. The van der Waals surface area contributed by atoms with Crippen LogP contribution in [0.5, 0.6) is 17.2 Å². The van der Waals surface area contributed by atoms with E-state index in [0.717, 1.165) is 6.07 Å². The standard InChI is InChI=1S/C14H16O9/c1-21-11-5(16)2-4-7(9(11)18)12-13(23-14(4)20)10(19)8(17)6(3-15)22-12/h2,6,8,10,12-13,15-19H,3H2,1H3/t6-,8-,10+,12-,13-/m0/s1. The van der Waals surface area contributed by atoms with Crippen LogP contribution in [0.1, 0.15) is 22.0 Å². The molecular formula is C14H16O9. The minimum atomic E-state index is -1.51. The average molecular weight is 328 g/mol. The van der Waals surface area contributed by atoms with Crippen molar-refractivity contribution in [1.29, 1.82) is 0 Å². The lowest BCUT2D eigenvalue weighted by Gasteiger charge is -2.44. The molecule has 5 atom stereocenters. The van der Waals surface area contributed by atoms with E-state index in [-0.39, 0.29) is 16.9 Å². The van der Waals surface area contributed by atoms with E-state index in [4.69, 9.17) is 14.2 Å². The number of benzene rings is 1. The number of fused-ring (bicyclic) bond motifs is 3. The quantitative estimate of drug-likeness (QED) is 0.422. The molecule has 0 spiro atoms. The molecule has 0 amide bonds. The van der Waals surface area contributed by atoms with Crippen LogP contribution in [0.4, 0.5) is 0 Å². The molecule has 2 aliphatic heterocycles. The van der Waals surface area contributed by atoms with E-state index in [0.29, 0.717) is 0 Å². The van der Waals surface area contributed by atoms with Crippen molar-refractivity contribution in [2.24, 2.45) is 0 Å². The summed E-state index contributed by atoms with van der Waals surface area (Å²) in [5, 5.41) is 49.3. The second kappa shape index (κ2) is 5.53. The zero-order chi connectivity index (χ0) is 16.9. The number of phenolic OH excluding ortho intramolecular Hbond substituents is 2. The van der Waals surface area contributed by atoms with Gasteiger partial charge in [0.25, 0.3) is 0 Å². The van der Waals surface area contributed by atoms with Crippen molar-refractivity contribution in [3.8, 4) is 17.2 Å². The Morgan fingerprint density at radius 3 is 2.57 bits per heavy atom. The number of esters is 1. The normalized spacial score (nSPS) is 32.7. The maximum Gasteiger partial charge on any atom is 0.339 e. The Morgan fingerprint density at radius 2 is 1.96 bits per heavy atom. The fourth-order valence-electron chi connectivity index (χ4n) is 2.95. The first-order chi connectivity index (χ1) is 10.9. The van der Waals surface area contributed by atoms with Crippen LogP contribution in [0.25, 0.3) is 0 Å². The highest BCUT2D eigenvalue weighted by molar-refractivity contribution is 5.95. The van der Waals surface area contributed by atoms with Gasteiger partial charge >= 0.3 is 5.97 Å². The molecular weight excluding hydrogens is 312 g/mol. The molecule has 9 heteroatoms. The first-order valence-corrected chi connectivity index (χ1v) is 6.87. The highest BCUT2D eigenvalue weighted by Crippen LogP contribution is 2.49. The summed E-state index contributed by atoms with van der Waals surface area (Å²) in [6, 6.07) is 1.06. The third-order valence-electron chi connectivity index (χ3n) is 4.09. The Kier molecular flexibility index (Phi) is 3.80. The predicted octanol–water partition coefficient (Wildman–Crippen LogP) is -1.20. The molecule has 3 rings (SSSR count). The zero-order valence-electron chi connectivity index (χ0n) is 12.0. The van der Waals surface area contributed by atoms with Gasteiger partial charge in [0.1, 0.15) is 24.4 Å². The summed E-state index contributed by atoms with van der Waals surface area (Å²) < 4.78 is 15.4. The maximum atomic E-state index is 12.1. The Labute approximate surface area is 130 Å². The van der Waals surface area contributed by atoms with Crippen LogP contribution >= 0.6 is 0 Å². The third kappa shape index (κ3) is 2.20. The van der Waals surface area contributed by atoms with Gasteiger partial charge in [-0.2, -0.15) is 0 Å². The van der Waals surface area contributed by atoms with E-state index in [1.54, 1.807) is 0 Å². The summed E-state index contributed by atoms with van der Waals surface area (Å²) >= 11 is 0. The molecule has 0 aromatic heterocycles. The van der Waals surface area contributed by atoms with Gasteiger partial charge in [0.05, 0.1) is 19.3 Å². The van der Waals surface area contributed by atoms with Crippen LogP contribution in [-0.4, -0.2) is 69.6 Å². The number of carbonyl (C=O) groups excluding carboxylic acids is 1. The summed E-state index contributed by atoms with van der Waals surface area (Å²) in [6.45, 7) is -0.583. The lowest BCUT2D eigenvalue weighted by Crippen LogP contribution is -2.58. The number of aliphatic hydroxyl groups is 3. The van der Waals surface area contributed by atoms with Gasteiger partial charge in [-0.1, -0.05) is 0 Å². The minimum Gasteiger partial charge on any atom is -0.504 e. The fraction of sp³-hybridized carbons (Fsp3) is 0.500. The van der Waals surface area contributed by atoms with Crippen molar-refractivity contribution in [1.82, 2.24) is 0 Å². The summed E-state index contributed by atoms with van der Waals surface area (Å²) in [5.41, 5.74) is -0.187. The monoisotopic (exact) mass is 328 g/mol. The van der Waals surface area contributed by atoms with Crippen molar-refractivity contribution in [3.63, 3.8) is 0 Å². The van der Waals surface area contributed by atoms with Crippen molar-refractivity contribution >= 4 is 5.97 Å². The second-order valence-electron chi connectivity index (χ2n) is 5.37. The van der Waals surface area contributed by atoms with Crippen molar-refractivity contribution in [2.45, 2.75) is 30.5 Å². The van der Waals surface area contributed by atoms with E-state index >= 15 is 0 Å². The van der Waals surface area contributed by atoms with Crippen LogP contribution in [0.2, 0.25) is 0 Å². The van der Waals surface area contributed by atoms with Gasteiger partial charge in [0.2, 0.25) is 5.75 Å². The topological polar surface area (TPSA) is 146 Å². The Morgan fingerprint density at radius 1 is 1.26 bits per heavy atom. The molecule has 2 heterocycles. The SMILES string of the molecule is COc1c(O)cc2c(c1O)[C@@H]1O[C@@H](CO)[C@H](O)[C@@H](O)[C@@H]1OC2=O. The van der Waals surface area contributed by atoms with E-state index in [9.17, 15) is 30.3 Å². The molecule has 23 heavy (non-hydrogen) atoms. The summed E-state index contributed by atoms with van der Waals surface area (Å²) in [5.74, 6) is -2.16. The van der Waals surface area contributed by atoms with Gasteiger partial charge in [0, 0.05) is 5.56 Å². The molecule has 0 unspecified atom stereocenters. The smallest absolute Gasteiger partial charge is 0.339 e. The molecule has 1 aromatic rings. The van der Waals surface area contributed by atoms with Crippen molar-refractivity contribution < 1.29 is 44.5 Å². The van der Waals surface area contributed by atoms with Crippen molar-refractivity contribution in [3.05, 3.63) is 17.2 Å². The number of carbonyl (C=O) groups is 1. The van der Waals surface area contributed by atoms with Crippen LogP contribution in [-0.2, 0) is 9.47 Å². The van der Waals surface area contributed by atoms with Crippen LogP contribution in [0, 0.1) is 0 Å². The van der Waals surface area contributed by atoms with Crippen LogP contribution in [0.15, 0.2) is 6.07 Å². The molecule has 1 aromatic carbocycles. The number of rotatable bonds is 2. The first kappa shape index (κ1) is 15.8. The molecule has 126 valence electrons. The zero-order valence-corrected chi connectivity index (χ0v) is 12.0. The minimum absolute atomic E-state index is 0.0368.